The van der Waals surface area contributed by atoms with Crippen molar-refractivity contribution in [2.45, 2.75) is 67.3 Å². The molecule has 0 aromatic rings. The molecule has 0 saturated carbocycles. The Morgan fingerprint density at radius 3 is 1.81 bits per heavy atom. The van der Waals surface area contributed by atoms with Crippen LogP contribution in [0.3, 0.4) is 0 Å². The lowest BCUT2D eigenvalue weighted by molar-refractivity contribution is 0.189. The predicted octanol–water partition coefficient (Wildman–Crippen LogP) is 4.33. The summed E-state index contributed by atoms with van der Waals surface area (Å²) in [5.74, 6) is 3.16. The van der Waals surface area contributed by atoms with Gasteiger partial charge in [0.25, 0.3) is 0 Å². The molecule has 0 radical (unpaired) electrons. The second-order valence-corrected chi connectivity index (χ2v) is 5.92. The van der Waals surface area contributed by atoms with Crippen molar-refractivity contribution in [2.24, 2.45) is 23.7 Å². The molecule has 0 aromatic heterocycles. The van der Waals surface area contributed by atoms with E-state index >= 15 is 0 Å². The summed E-state index contributed by atoms with van der Waals surface area (Å²) in [7, 11) is 0. The highest BCUT2D eigenvalue weighted by molar-refractivity contribution is 4.77. The van der Waals surface area contributed by atoms with Crippen LogP contribution in [0, 0.1) is 23.7 Å². The monoisotopic (exact) mass is 227 g/mol. The van der Waals surface area contributed by atoms with Crippen LogP contribution < -0.4 is 5.32 Å². The molecule has 0 fully saturated rings. The zero-order valence-corrected chi connectivity index (χ0v) is 12.5. The molecule has 98 valence electrons. The first-order valence-corrected chi connectivity index (χ1v) is 7.15. The maximum atomic E-state index is 3.66. The first-order valence-electron chi connectivity index (χ1n) is 7.15. The van der Waals surface area contributed by atoms with Gasteiger partial charge in [-0.3, -0.25) is 0 Å². The van der Waals surface area contributed by atoms with Crippen molar-refractivity contribution in [3.05, 3.63) is 0 Å². The van der Waals surface area contributed by atoms with Crippen LogP contribution in [-0.2, 0) is 0 Å². The van der Waals surface area contributed by atoms with Crippen molar-refractivity contribution in [1.29, 1.82) is 0 Å². The van der Waals surface area contributed by atoms with Gasteiger partial charge in [-0.25, -0.2) is 0 Å². The Morgan fingerprint density at radius 1 is 0.812 bits per heavy atom. The molecule has 0 aliphatic heterocycles. The maximum Gasteiger partial charge on any atom is 0.00670 e. The van der Waals surface area contributed by atoms with E-state index in [1.165, 1.54) is 19.4 Å². The fraction of sp³-hybridized carbons (Fsp3) is 1.00. The fourth-order valence-corrected chi connectivity index (χ4v) is 2.23. The predicted molar refractivity (Wildman–Crippen MR) is 74.7 cm³/mol. The number of nitrogens with one attached hydrogen (secondary N) is 1. The van der Waals surface area contributed by atoms with Crippen LogP contribution in [0.2, 0.25) is 0 Å². The summed E-state index contributed by atoms with van der Waals surface area (Å²) < 4.78 is 0. The quantitative estimate of drug-likeness (QED) is 0.609. The summed E-state index contributed by atoms with van der Waals surface area (Å²) in [5.41, 5.74) is 0. The zero-order valence-electron chi connectivity index (χ0n) is 12.5. The van der Waals surface area contributed by atoms with Gasteiger partial charge in [0.2, 0.25) is 0 Å². The van der Waals surface area contributed by atoms with Crippen LogP contribution in [0.1, 0.15) is 61.3 Å². The van der Waals surface area contributed by atoms with E-state index in [1.54, 1.807) is 0 Å². The van der Waals surface area contributed by atoms with E-state index in [0.29, 0.717) is 6.04 Å². The van der Waals surface area contributed by atoms with Gasteiger partial charge in [0.1, 0.15) is 0 Å². The maximum absolute atomic E-state index is 3.66. The van der Waals surface area contributed by atoms with Gasteiger partial charge >= 0.3 is 0 Å². The van der Waals surface area contributed by atoms with Gasteiger partial charge in [0, 0.05) is 6.04 Å². The number of hydrogen-bond acceptors (Lipinski definition) is 1. The first kappa shape index (κ1) is 16.0. The summed E-state index contributed by atoms with van der Waals surface area (Å²) in [4.78, 5) is 0. The molecular formula is C15H33N. The highest BCUT2D eigenvalue weighted by Crippen LogP contribution is 2.28. The first-order chi connectivity index (χ1) is 7.41. The Hall–Kier alpha value is -0.0400. The van der Waals surface area contributed by atoms with Gasteiger partial charge in [-0.05, 0) is 43.6 Å². The summed E-state index contributed by atoms with van der Waals surface area (Å²) in [6.07, 6.45) is 2.58. The molecule has 0 aromatic carbocycles. The third kappa shape index (κ3) is 5.34. The Balaban J connectivity index is 4.05. The Kier molecular flexibility index (Phi) is 8.09. The average molecular weight is 227 g/mol. The number of unbranched alkanes of at least 4 members (excludes halogenated alkanes) is 1. The molecule has 0 aliphatic rings. The molecule has 0 amide bonds. The van der Waals surface area contributed by atoms with E-state index in [9.17, 15) is 0 Å². The Labute approximate surface area is 103 Å². The van der Waals surface area contributed by atoms with E-state index in [2.05, 4.69) is 53.8 Å². The summed E-state index contributed by atoms with van der Waals surface area (Å²) in [6.45, 7) is 17.6. The second kappa shape index (κ2) is 8.11. The molecule has 1 N–H and O–H groups in total. The van der Waals surface area contributed by atoms with Gasteiger partial charge in [0.15, 0.2) is 0 Å². The van der Waals surface area contributed by atoms with Crippen molar-refractivity contribution >= 4 is 0 Å². The molecule has 0 aliphatic carbocycles. The SMILES string of the molecule is CCCCNC(C)C(C)C(C)C(C)C(C)C. The lowest BCUT2D eigenvalue weighted by atomic mass is 9.76. The van der Waals surface area contributed by atoms with Gasteiger partial charge in [-0.15, -0.1) is 0 Å². The summed E-state index contributed by atoms with van der Waals surface area (Å²) in [6, 6.07) is 0.641. The summed E-state index contributed by atoms with van der Waals surface area (Å²) >= 11 is 0. The number of hydrogen-bond donors (Lipinski definition) is 1. The minimum absolute atomic E-state index is 0.641. The minimum Gasteiger partial charge on any atom is -0.314 e. The molecule has 0 rings (SSSR count). The topological polar surface area (TPSA) is 12.0 Å². The van der Waals surface area contributed by atoms with Crippen LogP contribution in [0.15, 0.2) is 0 Å². The van der Waals surface area contributed by atoms with Gasteiger partial charge in [0.05, 0.1) is 0 Å². The van der Waals surface area contributed by atoms with Crippen LogP contribution in [-0.4, -0.2) is 12.6 Å². The van der Waals surface area contributed by atoms with E-state index < -0.39 is 0 Å². The lowest BCUT2D eigenvalue weighted by Gasteiger charge is -2.33. The second-order valence-electron chi connectivity index (χ2n) is 5.92. The molecular weight excluding hydrogens is 194 g/mol. The van der Waals surface area contributed by atoms with Crippen LogP contribution in [0.4, 0.5) is 0 Å². The van der Waals surface area contributed by atoms with E-state index in [4.69, 9.17) is 0 Å². The molecule has 16 heavy (non-hydrogen) atoms. The summed E-state index contributed by atoms with van der Waals surface area (Å²) in [5, 5.41) is 3.66. The molecule has 1 nitrogen and oxygen atoms in total. The van der Waals surface area contributed by atoms with Gasteiger partial charge in [-0.2, -0.15) is 0 Å². The third-order valence-electron chi connectivity index (χ3n) is 4.50. The normalized spacial score (nSPS) is 19.5. The molecule has 0 bridgehead atoms. The molecule has 1 heteroatoms. The highest BCUT2D eigenvalue weighted by Gasteiger charge is 2.24. The van der Waals surface area contributed by atoms with Crippen molar-refractivity contribution in [3.8, 4) is 0 Å². The van der Waals surface area contributed by atoms with Gasteiger partial charge in [-0.1, -0.05) is 48.0 Å². The van der Waals surface area contributed by atoms with E-state index in [1.807, 2.05) is 0 Å². The van der Waals surface area contributed by atoms with Crippen molar-refractivity contribution < 1.29 is 0 Å². The largest absolute Gasteiger partial charge is 0.314 e. The van der Waals surface area contributed by atoms with Crippen LogP contribution in [0.25, 0.3) is 0 Å². The average Bonchev–Trinajstić information content (AvgIpc) is 2.26. The molecule has 0 saturated heterocycles. The van der Waals surface area contributed by atoms with Crippen molar-refractivity contribution in [1.82, 2.24) is 5.32 Å². The Morgan fingerprint density at radius 2 is 1.38 bits per heavy atom. The standard InChI is InChI=1S/C15H33N/c1-8-9-10-16-15(7)14(6)13(5)12(4)11(2)3/h11-16H,8-10H2,1-7H3. The number of rotatable bonds is 8. The third-order valence-corrected chi connectivity index (χ3v) is 4.50. The fourth-order valence-electron chi connectivity index (χ4n) is 2.23. The van der Waals surface area contributed by atoms with Crippen molar-refractivity contribution in [3.63, 3.8) is 0 Å². The molecule has 4 unspecified atom stereocenters. The minimum atomic E-state index is 0.641. The van der Waals surface area contributed by atoms with Gasteiger partial charge < -0.3 is 5.32 Å². The zero-order chi connectivity index (χ0) is 12.7. The van der Waals surface area contributed by atoms with E-state index in [-0.39, 0.29) is 0 Å². The van der Waals surface area contributed by atoms with Crippen LogP contribution >= 0.6 is 0 Å². The molecule has 0 heterocycles. The Bertz CT molecular complexity index is 165. The molecule has 4 atom stereocenters. The van der Waals surface area contributed by atoms with E-state index in [0.717, 1.165) is 23.7 Å². The smallest absolute Gasteiger partial charge is 0.00670 e. The highest BCUT2D eigenvalue weighted by atomic mass is 14.9. The van der Waals surface area contributed by atoms with Crippen LogP contribution in [0.5, 0.6) is 0 Å². The molecule has 0 spiro atoms. The lowest BCUT2D eigenvalue weighted by Crippen LogP contribution is -2.38. The van der Waals surface area contributed by atoms with Crippen molar-refractivity contribution in [2.75, 3.05) is 6.54 Å².